The molecule has 0 aliphatic carbocycles. The third-order valence-corrected chi connectivity index (χ3v) is 8.71. The van der Waals surface area contributed by atoms with Gasteiger partial charge in [-0.05, 0) is 78.8 Å². The fourth-order valence-corrected chi connectivity index (χ4v) is 6.38. The van der Waals surface area contributed by atoms with Gasteiger partial charge in [0.2, 0.25) is 0 Å². The van der Waals surface area contributed by atoms with Crippen molar-refractivity contribution in [3.8, 4) is 5.75 Å². The van der Waals surface area contributed by atoms with Crippen molar-refractivity contribution in [3.63, 3.8) is 0 Å². The number of anilines is 1. The summed E-state index contributed by atoms with van der Waals surface area (Å²) in [6.07, 6.45) is -0.376. The van der Waals surface area contributed by atoms with Gasteiger partial charge in [-0.25, -0.2) is 9.59 Å². The molecule has 0 fully saturated rings. The number of aromatic nitrogens is 1. The Balaban J connectivity index is 0.000000287. The summed E-state index contributed by atoms with van der Waals surface area (Å²) in [5.74, 6) is 0.990. The summed E-state index contributed by atoms with van der Waals surface area (Å²) < 4.78 is 23.5. The predicted octanol–water partition coefficient (Wildman–Crippen LogP) is 6.41. The molecular weight excluding hydrogens is 725 g/mol. The summed E-state index contributed by atoms with van der Waals surface area (Å²) in [4.78, 5) is 38.5. The molecule has 1 aromatic heterocycles. The number of fused-ring (bicyclic) bond motifs is 2. The first-order chi connectivity index (χ1) is 22.8. The van der Waals surface area contributed by atoms with Crippen LogP contribution >= 0.6 is 22.6 Å². The molecule has 0 saturated heterocycles. The number of pyridine rings is 1. The van der Waals surface area contributed by atoms with E-state index in [1.165, 1.54) is 7.11 Å². The van der Waals surface area contributed by atoms with Crippen LogP contribution in [0.4, 0.5) is 10.5 Å². The molecule has 0 unspecified atom stereocenters. The topological polar surface area (TPSA) is 108 Å². The van der Waals surface area contributed by atoms with Crippen LogP contribution in [0, 0.1) is 3.57 Å². The van der Waals surface area contributed by atoms with Gasteiger partial charge in [0.25, 0.3) is 5.56 Å². The summed E-state index contributed by atoms with van der Waals surface area (Å²) in [6.45, 7) is 6.01. The van der Waals surface area contributed by atoms with Crippen LogP contribution in [-0.2, 0) is 32.5 Å². The summed E-state index contributed by atoms with van der Waals surface area (Å²) in [5, 5.41) is 3.58. The van der Waals surface area contributed by atoms with Gasteiger partial charge in [0, 0.05) is 49.3 Å². The Kier molecular flexibility index (Phi) is 11.8. The van der Waals surface area contributed by atoms with Crippen molar-refractivity contribution in [2.75, 3.05) is 39.8 Å². The molecule has 5 rings (SSSR count). The summed E-state index contributed by atoms with van der Waals surface area (Å²) in [7, 11) is 8.40. The third-order valence-electron chi connectivity index (χ3n) is 7.76. The Morgan fingerprint density at radius 2 is 1.56 bits per heavy atom. The summed E-state index contributed by atoms with van der Waals surface area (Å²) in [5.41, 5.74) is 5.39. The average molecular weight is 768 g/mol. The maximum atomic E-state index is 12.2. The highest BCUT2D eigenvalue weighted by molar-refractivity contribution is 14.1. The number of amides is 1. The number of ether oxygens (including phenoxy) is 4. The molecule has 10 nitrogen and oxygen atoms in total. The number of rotatable bonds is 7. The molecule has 2 heterocycles. The number of carbonyl (C=O) groups is 2. The number of hydrogen-bond donors (Lipinski definition) is 1. The third kappa shape index (κ3) is 8.30. The van der Waals surface area contributed by atoms with Crippen molar-refractivity contribution in [2.45, 2.75) is 38.8 Å². The second kappa shape index (κ2) is 15.6. The largest absolute Gasteiger partial charge is 0.496 e. The molecule has 4 aromatic rings. The molecule has 11 heteroatoms. The molecule has 48 heavy (non-hydrogen) atoms. The second-order valence-corrected chi connectivity index (χ2v) is 13.3. The van der Waals surface area contributed by atoms with Gasteiger partial charge in [0.05, 0.1) is 26.8 Å². The molecule has 0 saturated carbocycles. The fraction of sp³-hybridized carbons (Fsp3) is 0.324. The number of alkyl carbamates (subject to hydrolysis) is 1. The Hall–Kier alpha value is -4.52. The van der Waals surface area contributed by atoms with E-state index in [2.05, 4.69) is 29.4 Å². The van der Waals surface area contributed by atoms with E-state index >= 15 is 0 Å². The number of aryl methyl sites for hydroxylation is 1. The molecule has 0 bridgehead atoms. The highest BCUT2D eigenvalue weighted by Crippen LogP contribution is 2.38. The van der Waals surface area contributed by atoms with Crippen LogP contribution in [0.5, 0.6) is 5.75 Å². The Labute approximate surface area is 294 Å². The Bertz CT molecular complexity index is 1880. The van der Waals surface area contributed by atoms with Gasteiger partial charge in [-0.1, -0.05) is 48.5 Å². The van der Waals surface area contributed by atoms with Crippen LogP contribution in [0.1, 0.15) is 37.5 Å². The lowest BCUT2D eigenvalue weighted by Gasteiger charge is -2.31. The summed E-state index contributed by atoms with van der Waals surface area (Å²) in [6, 6.07) is 22.9. The van der Waals surface area contributed by atoms with E-state index < -0.39 is 23.7 Å². The molecular formula is C37H42IN3O7. The van der Waals surface area contributed by atoms with Gasteiger partial charge < -0.3 is 33.7 Å². The van der Waals surface area contributed by atoms with E-state index in [0.717, 1.165) is 44.6 Å². The van der Waals surface area contributed by atoms with Crippen molar-refractivity contribution < 1.29 is 28.5 Å². The number of para-hydroxylation sites is 2. The molecule has 1 aliphatic heterocycles. The number of halogens is 1. The predicted molar refractivity (Wildman–Crippen MR) is 197 cm³/mol. The normalized spacial score (nSPS) is 13.1. The molecule has 1 atom stereocenters. The monoisotopic (exact) mass is 767 g/mol. The average Bonchev–Trinajstić information content (AvgIpc) is 3.06. The van der Waals surface area contributed by atoms with Crippen LogP contribution < -0.4 is 20.5 Å². The molecule has 254 valence electrons. The summed E-state index contributed by atoms with van der Waals surface area (Å²) >= 11 is 2.02. The van der Waals surface area contributed by atoms with Gasteiger partial charge in [-0.3, -0.25) is 4.79 Å². The zero-order chi connectivity index (χ0) is 35.2. The number of carbonyl (C=O) groups excluding carboxylic acids is 2. The lowest BCUT2D eigenvalue weighted by atomic mass is 9.94. The van der Waals surface area contributed by atoms with Crippen molar-refractivity contribution in [3.05, 3.63) is 103 Å². The van der Waals surface area contributed by atoms with Crippen LogP contribution in [0.25, 0.3) is 22.2 Å². The van der Waals surface area contributed by atoms with Gasteiger partial charge >= 0.3 is 12.1 Å². The van der Waals surface area contributed by atoms with Gasteiger partial charge in [-0.15, -0.1) is 0 Å². The van der Waals surface area contributed by atoms with Crippen molar-refractivity contribution >= 4 is 62.6 Å². The van der Waals surface area contributed by atoms with E-state index in [4.69, 9.17) is 18.9 Å². The Morgan fingerprint density at radius 3 is 2.19 bits per heavy atom. The quantitative estimate of drug-likeness (QED) is 0.170. The van der Waals surface area contributed by atoms with E-state index in [1.54, 1.807) is 46.6 Å². The van der Waals surface area contributed by atoms with Crippen molar-refractivity contribution in [1.29, 1.82) is 0 Å². The van der Waals surface area contributed by atoms with Crippen LogP contribution in [-0.4, -0.2) is 63.2 Å². The number of likely N-dealkylation sites (N-methyl/N-ethyl adjacent to an activating group) is 1. The zero-order valence-corrected chi connectivity index (χ0v) is 30.7. The van der Waals surface area contributed by atoms with E-state index in [-0.39, 0.29) is 12.0 Å². The maximum Gasteiger partial charge on any atom is 0.408 e. The van der Waals surface area contributed by atoms with Crippen molar-refractivity contribution in [1.82, 2.24) is 9.88 Å². The highest BCUT2D eigenvalue weighted by Gasteiger charge is 2.27. The van der Waals surface area contributed by atoms with Crippen LogP contribution in [0.2, 0.25) is 0 Å². The number of hydrogen-bond acceptors (Lipinski definition) is 8. The smallest absolute Gasteiger partial charge is 0.408 e. The molecule has 1 N–H and O–H groups in total. The van der Waals surface area contributed by atoms with E-state index in [9.17, 15) is 14.4 Å². The minimum atomic E-state index is -0.850. The first-order valence-electron chi connectivity index (χ1n) is 15.3. The van der Waals surface area contributed by atoms with E-state index in [0.29, 0.717) is 15.9 Å². The molecule has 1 amide bonds. The molecule has 1 aliphatic rings. The van der Waals surface area contributed by atoms with Gasteiger partial charge in [0.1, 0.15) is 26.7 Å². The minimum absolute atomic E-state index is 0.0221. The van der Waals surface area contributed by atoms with Crippen LogP contribution in [0.15, 0.2) is 77.6 Å². The molecule has 3 aromatic carbocycles. The number of esters is 1. The Morgan fingerprint density at radius 1 is 0.917 bits per heavy atom. The molecule has 0 spiro atoms. The highest BCUT2D eigenvalue weighted by atomic mass is 127. The fourth-order valence-electron chi connectivity index (χ4n) is 5.50. The standard InChI is InChI=1S/C26H32N2O5.C11H10INO2/c1-26(2,3)33-25(30)27-21(24(29)32-6)15-17-11-13-18(14-12-17)20-16-28(4)22-10-8-7-9-19(22)23(20)31-5;1-13-8-6-4-3-5-7(8)10(15-2)9(12)11(13)14/h7-14,21H,15-16H2,1-6H3,(H,27,30);3-6H,1-2H3/t21-;/m0./s1. The minimum Gasteiger partial charge on any atom is -0.496 e. The van der Waals surface area contributed by atoms with Crippen molar-refractivity contribution in [2.24, 2.45) is 7.05 Å². The van der Waals surface area contributed by atoms with Gasteiger partial charge in [0.15, 0.2) is 0 Å². The van der Waals surface area contributed by atoms with E-state index in [1.807, 2.05) is 83.3 Å². The first-order valence-corrected chi connectivity index (χ1v) is 16.4. The van der Waals surface area contributed by atoms with Crippen LogP contribution in [0.3, 0.4) is 0 Å². The first kappa shape index (κ1) is 36.3. The number of nitrogens with one attached hydrogen (secondary N) is 1. The lowest BCUT2D eigenvalue weighted by molar-refractivity contribution is -0.143. The SMILES string of the molecule is COC(=O)[C@H](Cc1ccc(C2=C(OC)c3ccccc3N(C)C2)cc1)NC(=O)OC(C)(C)C.COc1c(I)c(=O)n(C)c2ccccc12. The second-order valence-electron chi connectivity index (χ2n) is 12.2. The number of nitrogens with zero attached hydrogens (tertiary/aromatic N) is 2. The molecule has 0 radical (unpaired) electrons. The number of benzene rings is 3. The van der Waals surface area contributed by atoms with Gasteiger partial charge in [-0.2, -0.15) is 0 Å². The zero-order valence-electron chi connectivity index (χ0n) is 28.5. The number of methoxy groups -OCH3 is 3. The maximum absolute atomic E-state index is 12.2. The lowest BCUT2D eigenvalue weighted by Crippen LogP contribution is -2.45.